The number of carbonyl (C=O) groups excluding carboxylic acids is 1. The standard InChI is InChI=1S/C12H26N4O/c1-11(2,3)9(17)14-7-8-15-10(13)16-12(4,5)6/h7-8H2,1-6H3,(H,14,17)(H3,13,15,16). The Morgan fingerprint density at radius 1 is 1.18 bits per heavy atom. The Morgan fingerprint density at radius 3 is 2.12 bits per heavy atom. The topological polar surface area (TPSA) is 79.5 Å². The molecular weight excluding hydrogens is 216 g/mol. The smallest absolute Gasteiger partial charge is 0.225 e. The fourth-order valence-electron chi connectivity index (χ4n) is 1.03. The number of hydrogen-bond donors (Lipinski definition) is 3. The lowest BCUT2D eigenvalue weighted by Gasteiger charge is -2.21. The lowest BCUT2D eigenvalue weighted by atomic mass is 9.96. The van der Waals surface area contributed by atoms with Gasteiger partial charge in [-0.3, -0.25) is 9.79 Å². The minimum Gasteiger partial charge on any atom is -0.370 e. The number of amides is 1. The van der Waals surface area contributed by atoms with Crippen LogP contribution in [-0.2, 0) is 4.79 Å². The number of nitrogens with zero attached hydrogens (tertiary/aromatic N) is 1. The Kier molecular flexibility index (Phi) is 5.45. The number of rotatable bonds is 3. The van der Waals surface area contributed by atoms with Crippen LogP contribution in [0.2, 0.25) is 0 Å². The summed E-state index contributed by atoms with van der Waals surface area (Å²) in [6.07, 6.45) is 0. The second-order valence-corrected chi connectivity index (χ2v) is 6.15. The molecule has 0 bridgehead atoms. The number of nitrogens with one attached hydrogen (secondary N) is 2. The van der Waals surface area contributed by atoms with Gasteiger partial charge in [-0.25, -0.2) is 0 Å². The third-order valence-corrected chi connectivity index (χ3v) is 1.86. The fourth-order valence-corrected chi connectivity index (χ4v) is 1.03. The molecule has 4 N–H and O–H groups in total. The van der Waals surface area contributed by atoms with E-state index in [1.807, 2.05) is 41.5 Å². The zero-order valence-electron chi connectivity index (χ0n) is 11.8. The molecule has 0 saturated heterocycles. The van der Waals surface area contributed by atoms with Crippen LogP contribution in [0.15, 0.2) is 4.99 Å². The van der Waals surface area contributed by atoms with Crippen molar-refractivity contribution in [2.24, 2.45) is 16.1 Å². The molecule has 0 aromatic heterocycles. The minimum absolute atomic E-state index is 0.0232. The summed E-state index contributed by atoms with van der Waals surface area (Å²) in [5.41, 5.74) is 5.23. The first-order chi connectivity index (χ1) is 7.52. The van der Waals surface area contributed by atoms with Crippen LogP contribution >= 0.6 is 0 Å². The molecule has 0 aromatic carbocycles. The second-order valence-electron chi connectivity index (χ2n) is 6.15. The van der Waals surface area contributed by atoms with Crippen LogP contribution in [0, 0.1) is 5.41 Å². The van der Waals surface area contributed by atoms with Crippen molar-refractivity contribution < 1.29 is 4.79 Å². The maximum absolute atomic E-state index is 11.5. The zero-order chi connectivity index (χ0) is 13.7. The number of carbonyl (C=O) groups is 1. The van der Waals surface area contributed by atoms with Crippen LogP contribution in [-0.4, -0.2) is 30.5 Å². The van der Waals surface area contributed by atoms with Crippen molar-refractivity contribution in [3.63, 3.8) is 0 Å². The van der Waals surface area contributed by atoms with E-state index in [9.17, 15) is 4.79 Å². The van der Waals surface area contributed by atoms with Crippen LogP contribution in [0.3, 0.4) is 0 Å². The van der Waals surface area contributed by atoms with Crippen LogP contribution in [0.25, 0.3) is 0 Å². The van der Waals surface area contributed by atoms with Crippen molar-refractivity contribution in [2.45, 2.75) is 47.1 Å². The van der Waals surface area contributed by atoms with E-state index in [0.29, 0.717) is 19.0 Å². The highest BCUT2D eigenvalue weighted by molar-refractivity contribution is 5.81. The van der Waals surface area contributed by atoms with Crippen molar-refractivity contribution >= 4 is 11.9 Å². The molecule has 0 aliphatic rings. The van der Waals surface area contributed by atoms with Gasteiger partial charge in [0.15, 0.2) is 5.96 Å². The summed E-state index contributed by atoms with van der Waals surface area (Å²) in [5.74, 6) is 0.428. The van der Waals surface area contributed by atoms with Gasteiger partial charge in [0.1, 0.15) is 0 Å². The van der Waals surface area contributed by atoms with E-state index < -0.39 is 0 Å². The number of nitrogens with two attached hydrogens (primary N) is 1. The van der Waals surface area contributed by atoms with E-state index >= 15 is 0 Å². The summed E-state index contributed by atoms with van der Waals surface area (Å²) in [6, 6.07) is 0. The first-order valence-corrected chi connectivity index (χ1v) is 5.89. The monoisotopic (exact) mass is 242 g/mol. The number of aliphatic imine (C=N–C) groups is 1. The molecule has 0 fully saturated rings. The molecule has 0 aliphatic carbocycles. The quantitative estimate of drug-likeness (QED) is 0.390. The molecule has 100 valence electrons. The van der Waals surface area contributed by atoms with Gasteiger partial charge in [-0.05, 0) is 20.8 Å². The summed E-state index contributed by atoms with van der Waals surface area (Å²) in [7, 11) is 0. The normalized spacial score (nSPS) is 13.4. The summed E-state index contributed by atoms with van der Waals surface area (Å²) >= 11 is 0. The van der Waals surface area contributed by atoms with Crippen molar-refractivity contribution in [1.29, 1.82) is 0 Å². The molecule has 0 atom stereocenters. The molecule has 5 heteroatoms. The molecule has 0 spiro atoms. The molecular formula is C12H26N4O. The lowest BCUT2D eigenvalue weighted by Crippen LogP contribution is -2.45. The average Bonchev–Trinajstić information content (AvgIpc) is 2.07. The average molecular weight is 242 g/mol. The summed E-state index contributed by atoms with van der Waals surface area (Å²) in [6.45, 7) is 12.6. The fraction of sp³-hybridized carbons (Fsp3) is 0.833. The van der Waals surface area contributed by atoms with Gasteiger partial charge in [-0.1, -0.05) is 20.8 Å². The summed E-state index contributed by atoms with van der Waals surface area (Å²) in [4.78, 5) is 15.7. The molecule has 17 heavy (non-hydrogen) atoms. The largest absolute Gasteiger partial charge is 0.370 e. The van der Waals surface area contributed by atoms with E-state index in [0.717, 1.165) is 0 Å². The molecule has 0 unspecified atom stereocenters. The third-order valence-electron chi connectivity index (χ3n) is 1.86. The summed E-state index contributed by atoms with van der Waals surface area (Å²) < 4.78 is 0. The highest BCUT2D eigenvalue weighted by Crippen LogP contribution is 2.11. The Morgan fingerprint density at radius 2 is 1.71 bits per heavy atom. The van der Waals surface area contributed by atoms with Crippen molar-refractivity contribution in [1.82, 2.24) is 10.6 Å². The molecule has 0 heterocycles. The summed E-state index contributed by atoms with van der Waals surface area (Å²) in [5, 5.41) is 5.86. The maximum Gasteiger partial charge on any atom is 0.225 e. The van der Waals surface area contributed by atoms with Crippen LogP contribution in [0.5, 0.6) is 0 Å². The van der Waals surface area contributed by atoms with Gasteiger partial charge >= 0.3 is 0 Å². The predicted octanol–water partition coefficient (Wildman–Crippen LogP) is 0.852. The number of guanidine groups is 1. The Labute approximate surface area is 104 Å². The van der Waals surface area contributed by atoms with Gasteiger partial charge in [-0.15, -0.1) is 0 Å². The van der Waals surface area contributed by atoms with Gasteiger partial charge in [0, 0.05) is 17.5 Å². The minimum atomic E-state index is -0.362. The second kappa shape index (κ2) is 5.89. The van der Waals surface area contributed by atoms with Crippen molar-refractivity contribution in [3.8, 4) is 0 Å². The van der Waals surface area contributed by atoms with Gasteiger partial charge in [-0.2, -0.15) is 0 Å². The molecule has 1 amide bonds. The van der Waals surface area contributed by atoms with E-state index in [4.69, 9.17) is 5.73 Å². The highest BCUT2D eigenvalue weighted by atomic mass is 16.2. The predicted molar refractivity (Wildman–Crippen MR) is 71.8 cm³/mol. The van der Waals surface area contributed by atoms with E-state index in [1.165, 1.54) is 0 Å². The van der Waals surface area contributed by atoms with Crippen molar-refractivity contribution in [2.75, 3.05) is 13.1 Å². The van der Waals surface area contributed by atoms with Gasteiger partial charge in [0.05, 0.1) is 6.54 Å². The molecule has 5 nitrogen and oxygen atoms in total. The Hall–Kier alpha value is -1.26. The van der Waals surface area contributed by atoms with E-state index in [2.05, 4.69) is 15.6 Å². The molecule has 0 aliphatic heterocycles. The zero-order valence-corrected chi connectivity index (χ0v) is 11.8. The van der Waals surface area contributed by atoms with Crippen LogP contribution in [0.4, 0.5) is 0 Å². The Bertz CT molecular complexity index is 284. The molecule has 0 radical (unpaired) electrons. The Balaban J connectivity index is 3.92. The van der Waals surface area contributed by atoms with Gasteiger partial charge in [0.2, 0.25) is 5.91 Å². The van der Waals surface area contributed by atoms with Gasteiger partial charge in [0.25, 0.3) is 0 Å². The van der Waals surface area contributed by atoms with E-state index in [1.54, 1.807) is 0 Å². The molecule has 0 saturated carbocycles. The van der Waals surface area contributed by atoms with Gasteiger partial charge < -0.3 is 16.4 Å². The molecule has 0 aromatic rings. The first-order valence-electron chi connectivity index (χ1n) is 5.89. The maximum atomic E-state index is 11.5. The van der Waals surface area contributed by atoms with E-state index in [-0.39, 0.29) is 16.9 Å². The van der Waals surface area contributed by atoms with Crippen LogP contribution < -0.4 is 16.4 Å². The third kappa shape index (κ3) is 8.54. The number of hydrogen-bond acceptors (Lipinski definition) is 2. The first kappa shape index (κ1) is 15.7. The SMILES string of the molecule is CC(C)(C)NC(N)=NCCNC(=O)C(C)(C)C. The van der Waals surface area contributed by atoms with Crippen molar-refractivity contribution in [3.05, 3.63) is 0 Å². The highest BCUT2D eigenvalue weighted by Gasteiger charge is 2.20. The van der Waals surface area contributed by atoms with Crippen LogP contribution in [0.1, 0.15) is 41.5 Å². The molecule has 0 rings (SSSR count). The lowest BCUT2D eigenvalue weighted by molar-refractivity contribution is -0.128.